The van der Waals surface area contributed by atoms with Crippen molar-refractivity contribution in [3.8, 4) is 22.8 Å². The molecule has 0 radical (unpaired) electrons. The highest BCUT2D eigenvalue weighted by Crippen LogP contribution is 2.28. The topological polar surface area (TPSA) is 74.7 Å². The maximum Gasteiger partial charge on any atom is 0.573 e. The van der Waals surface area contributed by atoms with Crippen LogP contribution >= 0.6 is 0 Å². The van der Waals surface area contributed by atoms with Crippen LogP contribution < -0.4 is 15.1 Å². The molecule has 9 heteroatoms. The van der Waals surface area contributed by atoms with E-state index in [9.17, 15) is 18.0 Å². The summed E-state index contributed by atoms with van der Waals surface area (Å²) in [6.45, 7) is 1.83. The van der Waals surface area contributed by atoms with E-state index >= 15 is 0 Å². The first-order valence-corrected chi connectivity index (χ1v) is 8.76. The third-order valence-electron chi connectivity index (χ3n) is 4.23. The summed E-state index contributed by atoms with van der Waals surface area (Å²) in [4.78, 5) is 11.5. The van der Waals surface area contributed by atoms with Crippen LogP contribution in [-0.4, -0.2) is 11.5 Å². The van der Waals surface area contributed by atoms with Crippen molar-refractivity contribution in [2.24, 2.45) is 0 Å². The Morgan fingerprint density at radius 1 is 1.03 bits per heavy atom. The van der Waals surface area contributed by atoms with Gasteiger partial charge in [-0.15, -0.1) is 13.2 Å². The molecule has 4 aromatic rings. The van der Waals surface area contributed by atoms with Crippen molar-refractivity contribution in [2.75, 3.05) is 0 Å². The number of nitrogens with zero attached hydrogens (tertiary/aromatic N) is 1. The van der Waals surface area contributed by atoms with Crippen LogP contribution in [0.2, 0.25) is 0 Å². The predicted octanol–water partition coefficient (Wildman–Crippen LogP) is 5.23. The molecule has 0 unspecified atom stereocenters. The Bertz CT molecular complexity index is 1260. The normalized spacial score (nSPS) is 11.6. The van der Waals surface area contributed by atoms with Gasteiger partial charge in [-0.05, 0) is 36.8 Å². The average molecular weight is 417 g/mol. The van der Waals surface area contributed by atoms with E-state index in [0.717, 1.165) is 10.9 Å². The maximum atomic E-state index is 12.4. The van der Waals surface area contributed by atoms with Crippen molar-refractivity contribution < 1.29 is 31.6 Å². The summed E-state index contributed by atoms with van der Waals surface area (Å²) in [5.74, 6) is 0.460. The van der Waals surface area contributed by atoms with Crippen LogP contribution in [0.25, 0.3) is 22.2 Å². The highest BCUT2D eigenvalue weighted by Gasteiger charge is 2.31. The molecule has 0 atom stereocenters. The van der Waals surface area contributed by atoms with E-state index in [1.807, 2.05) is 6.92 Å². The Morgan fingerprint density at radius 2 is 1.87 bits per heavy atom. The number of hydrogen-bond acceptors (Lipinski definition) is 6. The van der Waals surface area contributed by atoms with Crippen molar-refractivity contribution in [3.05, 3.63) is 76.3 Å². The minimum atomic E-state index is -4.78. The van der Waals surface area contributed by atoms with Gasteiger partial charge in [0.25, 0.3) is 0 Å². The smallest absolute Gasteiger partial charge is 0.485 e. The van der Waals surface area contributed by atoms with Crippen molar-refractivity contribution >= 4 is 11.0 Å². The standard InChI is InChI=1S/C21H14F3NO5/c1-12-7-20(26)28-19-10-14(5-6-17(12)19)27-11-16-9-18(25-30-16)13-3-2-4-15(8-13)29-21(22,23)24/h2-10H,11H2,1H3. The van der Waals surface area contributed by atoms with E-state index in [1.165, 1.54) is 24.3 Å². The van der Waals surface area contributed by atoms with Crippen LogP contribution in [0.15, 0.2) is 68.3 Å². The van der Waals surface area contributed by atoms with Gasteiger partial charge in [0.05, 0.1) is 0 Å². The monoisotopic (exact) mass is 417 g/mol. The summed E-state index contributed by atoms with van der Waals surface area (Å²) in [5, 5.41) is 4.65. The maximum absolute atomic E-state index is 12.4. The lowest BCUT2D eigenvalue weighted by molar-refractivity contribution is -0.274. The van der Waals surface area contributed by atoms with Crippen molar-refractivity contribution in [1.82, 2.24) is 5.16 Å². The summed E-state index contributed by atoms with van der Waals surface area (Å²) < 4.78 is 57.1. The lowest BCUT2D eigenvalue weighted by atomic mass is 10.1. The van der Waals surface area contributed by atoms with Crippen molar-refractivity contribution in [3.63, 3.8) is 0 Å². The van der Waals surface area contributed by atoms with Crippen LogP contribution in [0.3, 0.4) is 0 Å². The van der Waals surface area contributed by atoms with Crippen molar-refractivity contribution in [2.45, 2.75) is 19.9 Å². The molecule has 2 aromatic carbocycles. The third kappa shape index (κ3) is 4.45. The fourth-order valence-electron chi connectivity index (χ4n) is 2.92. The summed E-state index contributed by atoms with van der Waals surface area (Å²) in [6, 6.07) is 13.5. The molecule has 0 saturated carbocycles. The molecule has 4 rings (SSSR count). The molecule has 2 heterocycles. The lowest BCUT2D eigenvalue weighted by Gasteiger charge is -2.09. The number of ether oxygens (including phenoxy) is 2. The quantitative estimate of drug-likeness (QED) is 0.414. The van der Waals surface area contributed by atoms with Gasteiger partial charge in [0.2, 0.25) is 0 Å². The van der Waals surface area contributed by atoms with Gasteiger partial charge in [0.1, 0.15) is 29.4 Å². The number of rotatable bonds is 5. The molecule has 0 spiro atoms. The number of halogens is 3. The molecular weight excluding hydrogens is 403 g/mol. The summed E-state index contributed by atoms with van der Waals surface area (Å²) >= 11 is 0. The first-order valence-electron chi connectivity index (χ1n) is 8.76. The van der Waals surface area contributed by atoms with Gasteiger partial charge in [0, 0.05) is 29.1 Å². The molecule has 0 N–H and O–H groups in total. The molecule has 2 aromatic heterocycles. The van der Waals surface area contributed by atoms with Crippen LogP contribution in [0.5, 0.6) is 11.5 Å². The van der Waals surface area contributed by atoms with E-state index in [2.05, 4.69) is 9.89 Å². The minimum absolute atomic E-state index is 0.0211. The Kier molecular flexibility index (Phi) is 4.94. The molecule has 0 amide bonds. The number of hydrogen-bond donors (Lipinski definition) is 0. The molecule has 0 fully saturated rings. The first kappa shape index (κ1) is 19.6. The van der Waals surface area contributed by atoms with E-state index in [0.29, 0.717) is 28.4 Å². The van der Waals surface area contributed by atoms with Crippen LogP contribution in [0.4, 0.5) is 13.2 Å². The molecule has 0 bridgehead atoms. The first-order chi connectivity index (χ1) is 14.3. The van der Waals surface area contributed by atoms with Crippen LogP contribution in [-0.2, 0) is 6.61 Å². The van der Waals surface area contributed by atoms with Gasteiger partial charge in [-0.3, -0.25) is 0 Å². The zero-order chi connectivity index (χ0) is 21.3. The minimum Gasteiger partial charge on any atom is -0.485 e. The zero-order valence-corrected chi connectivity index (χ0v) is 15.5. The molecule has 6 nitrogen and oxygen atoms in total. The highest BCUT2D eigenvalue weighted by atomic mass is 19.4. The average Bonchev–Trinajstić information content (AvgIpc) is 3.14. The second-order valence-electron chi connectivity index (χ2n) is 6.45. The molecule has 30 heavy (non-hydrogen) atoms. The Morgan fingerprint density at radius 3 is 2.67 bits per heavy atom. The number of aryl methyl sites for hydroxylation is 1. The van der Waals surface area contributed by atoms with E-state index in [4.69, 9.17) is 13.7 Å². The molecule has 0 aliphatic carbocycles. The van der Waals surface area contributed by atoms with E-state index in [-0.39, 0.29) is 12.4 Å². The largest absolute Gasteiger partial charge is 0.573 e. The third-order valence-corrected chi connectivity index (χ3v) is 4.23. The predicted molar refractivity (Wildman–Crippen MR) is 100 cm³/mol. The summed E-state index contributed by atoms with van der Waals surface area (Å²) in [6.07, 6.45) is -4.78. The summed E-state index contributed by atoms with van der Waals surface area (Å²) in [5.41, 5.74) is 1.48. The molecule has 0 saturated heterocycles. The Balaban J connectivity index is 1.48. The van der Waals surface area contributed by atoms with Crippen LogP contribution in [0, 0.1) is 6.92 Å². The lowest BCUT2D eigenvalue weighted by Crippen LogP contribution is -2.17. The molecule has 154 valence electrons. The summed E-state index contributed by atoms with van der Waals surface area (Å²) in [7, 11) is 0. The SMILES string of the molecule is Cc1cc(=O)oc2cc(OCc3cc(-c4cccc(OC(F)(F)F)c4)no3)ccc12. The van der Waals surface area contributed by atoms with Crippen molar-refractivity contribution in [1.29, 1.82) is 0 Å². The number of fused-ring (bicyclic) bond motifs is 1. The van der Waals surface area contributed by atoms with Gasteiger partial charge in [0.15, 0.2) is 5.76 Å². The van der Waals surface area contributed by atoms with Gasteiger partial charge < -0.3 is 18.4 Å². The number of benzene rings is 2. The molecular formula is C21H14F3NO5. The van der Waals surface area contributed by atoms with E-state index < -0.39 is 12.0 Å². The second-order valence-corrected chi connectivity index (χ2v) is 6.45. The van der Waals surface area contributed by atoms with Gasteiger partial charge in [-0.2, -0.15) is 0 Å². The van der Waals surface area contributed by atoms with Gasteiger partial charge >= 0.3 is 12.0 Å². The highest BCUT2D eigenvalue weighted by molar-refractivity contribution is 5.81. The van der Waals surface area contributed by atoms with Gasteiger partial charge in [-0.1, -0.05) is 17.3 Å². The molecule has 0 aliphatic rings. The Hall–Kier alpha value is -3.75. The van der Waals surface area contributed by atoms with Crippen LogP contribution in [0.1, 0.15) is 11.3 Å². The fourth-order valence-corrected chi connectivity index (χ4v) is 2.92. The zero-order valence-electron chi connectivity index (χ0n) is 15.5. The van der Waals surface area contributed by atoms with E-state index in [1.54, 1.807) is 30.3 Å². The number of aromatic nitrogens is 1. The second kappa shape index (κ2) is 7.58. The van der Waals surface area contributed by atoms with Gasteiger partial charge in [-0.25, -0.2) is 4.79 Å². The Labute approximate surface area is 167 Å². The molecule has 0 aliphatic heterocycles. The fraction of sp³-hybridized carbons (Fsp3) is 0.143. The number of alkyl halides is 3.